The molecule has 2 aromatic carbocycles. The third-order valence-electron chi connectivity index (χ3n) is 3.47. The highest BCUT2D eigenvalue weighted by molar-refractivity contribution is 9.10. The van der Waals surface area contributed by atoms with Crippen molar-refractivity contribution < 1.29 is 9.59 Å². The number of carbonyl (C=O) groups is 2. The van der Waals surface area contributed by atoms with Gasteiger partial charge in [0.25, 0.3) is 0 Å². The molecule has 25 heavy (non-hydrogen) atoms. The Labute approximate surface area is 157 Å². The van der Waals surface area contributed by atoms with Crippen LogP contribution in [-0.2, 0) is 4.79 Å². The first-order valence-corrected chi connectivity index (χ1v) is 9.21. The number of halogens is 1. The highest BCUT2D eigenvalue weighted by Gasteiger charge is 2.32. The van der Waals surface area contributed by atoms with E-state index in [2.05, 4.69) is 31.4 Å². The molecule has 0 saturated carbocycles. The summed E-state index contributed by atoms with van der Waals surface area (Å²) in [5.74, 6) is -0.293. The average Bonchev–Trinajstić information content (AvgIpc) is 2.96. The lowest BCUT2D eigenvalue weighted by atomic mass is 10.1. The molecular formula is C18H14BrN3O2S. The first-order valence-electron chi connectivity index (χ1n) is 7.54. The van der Waals surface area contributed by atoms with Gasteiger partial charge in [-0.05, 0) is 17.7 Å². The molecule has 0 bridgehead atoms. The van der Waals surface area contributed by atoms with E-state index in [-0.39, 0.29) is 18.1 Å². The first-order chi connectivity index (χ1) is 12.1. The molecule has 126 valence electrons. The van der Waals surface area contributed by atoms with Gasteiger partial charge < -0.3 is 5.32 Å². The van der Waals surface area contributed by atoms with Crippen LogP contribution in [0, 0.1) is 0 Å². The number of carbonyl (C=O) groups excluding carboxylic acids is 2. The number of nitrogens with one attached hydrogen (secondary N) is 1. The lowest BCUT2D eigenvalue weighted by molar-refractivity contribution is -0.118. The molecule has 1 saturated heterocycles. The van der Waals surface area contributed by atoms with Crippen molar-refractivity contribution >= 4 is 50.8 Å². The fourth-order valence-electron chi connectivity index (χ4n) is 2.20. The van der Waals surface area contributed by atoms with Crippen molar-refractivity contribution in [3.8, 4) is 0 Å². The number of amidine groups is 1. The predicted molar refractivity (Wildman–Crippen MR) is 104 cm³/mol. The second-order valence-corrected chi connectivity index (χ2v) is 7.40. The topological polar surface area (TPSA) is 70.9 Å². The fourth-order valence-corrected chi connectivity index (χ4v) is 3.38. The Morgan fingerprint density at radius 3 is 2.60 bits per heavy atom. The molecule has 0 spiro atoms. The van der Waals surface area contributed by atoms with Gasteiger partial charge in [-0.3, -0.25) is 9.59 Å². The molecular weight excluding hydrogens is 402 g/mol. The number of amides is 1. The normalized spacial score (nSPS) is 18.7. The molecule has 1 atom stereocenters. The highest BCUT2D eigenvalue weighted by Crippen LogP contribution is 2.24. The number of nitrogens with zero attached hydrogens (tertiary/aromatic N) is 2. The van der Waals surface area contributed by atoms with Crippen LogP contribution in [0.3, 0.4) is 0 Å². The lowest BCUT2D eigenvalue weighted by Gasteiger charge is -2.04. The molecule has 1 aliphatic heterocycles. The van der Waals surface area contributed by atoms with Crippen molar-refractivity contribution in [1.29, 1.82) is 0 Å². The zero-order valence-corrected chi connectivity index (χ0v) is 15.5. The molecule has 1 N–H and O–H groups in total. The van der Waals surface area contributed by atoms with Crippen LogP contribution in [0.25, 0.3) is 0 Å². The average molecular weight is 416 g/mol. The Morgan fingerprint density at radius 2 is 1.88 bits per heavy atom. The van der Waals surface area contributed by atoms with E-state index in [1.54, 1.807) is 30.5 Å². The number of ketones is 1. The maximum Gasteiger partial charge on any atom is 0.240 e. The standard InChI is InChI=1S/C18H14BrN3O2S/c19-14-8-6-13(7-9-14)15(23)10-16-17(24)21-18(25-16)22-20-11-12-4-2-1-3-5-12/h1-9,11,16H,10H2,(H,21,22,24)/b20-11+. The lowest BCUT2D eigenvalue weighted by Crippen LogP contribution is -2.26. The minimum atomic E-state index is -0.484. The summed E-state index contributed by atoms with van der Waals surface area (Å²) >= 11 is 4.56. The fraction of sp³-hybridized carbons (Fsp3) is 0.111. The zero-order valence-electron chi connectivity index (χ0n) is 13.1. The predicted octanol–water partition coefficient (Wildman–Crippen LogP) is 3.64. The van der Waals surface area contributed by atoms with Crippen molar-refractivity contribution in [2.24, 2.45) is 10.2 Å². The molecule has 1 fully saturated rings. The van der Waals surface area contributed by atoms with Crippen molar-refractivity contribution in [1.82, 2.24) is 5.32 Å². The molecule has 3 rings (SSSR count). The number of rotatable bonds is 5. The van der Waals surface area contributed by atoms with Crippen LogP contribution in [0.4, 0.5) is 0 Å². The molecule has 5 nitrogen and oxygen atoms in total. The Morgan fingerprint density at radius 1 is 1.16 bits per heavy atom. The van der Waals surface area contributed by atoms with Crippen LogP contribution in [0.5, 0.6) is 0 Å². The summed E-state index contributed by atoms with van der Waals surface area (Å²) in [5, 5.41) is 10.6. The van der Waals surface area contributed by atoms with Gasteiger partial charge in [0.15, 0.2) is 11.0 Å². The third-order valence-corrected chi connectivity index (χ3v) is 5.07. The van der Waals surface area contributed by atoms with E-state index in [1.807, 2.05) is 30.3 Å². The Bertz CT molecular complexity index is 835. The Balaban J connectivity index is 1.60. The molecule has 2 aromatic rings. The second-order valence-electron chi connectivity index (χ2n) is 5.29. The van der Waals surface area contributed by atoms with Gasteiger partial charge in [0.05, 0.1) is 11.5 Å². The summed E-state index contributed by atoms with van der Waals surface area (Å²) in [4.78, 5) is 24.3. The van der Waals surface area contributed by atoms with Crippen molar-refractivity contribution in [3.63, 3.8) is 0 Å². The quantitative estimate of drug-likeness (QED) is 0.460. The van der Waals surface area contributed by atoms with Gasteiger partial charge in [-0.25, -0.2) is 0 Å². The van der Waals surface area contributed by atoms with E-state index in [1.165, 1.54) is 11.8 Å². The minimum Gasteiger partial charge on any atom is -0.303 e. The highest BCUT2D eigenvalue weighted by atomic mass is 79.9. The van der Waals surface area contributed by atoms with Gasteiger partial charge in [0.1, 0.15) is 0 Å². The van der Waals surface area contributed by atoms with E-state index < -0.39 is 5.25 Å². The minimum absolute atomic E-state index is 0.0748. The maximum absolute atomic E-state index is 12.3. The molecule has 1 unspecified atom stereocenters. The number of hydrogen-bond donors (Lipinski definition) is 1. The molecule has 7 heteroatoms. The van der Waals surface area contributed by atoms with Crippen LogP contribution in [0.1, 0.15) is 22.3 Å². The van der Waals surface area contributed by atoms with E-state index >= 15 is 0 Å². The van der Waals surface area contributed by atoms with Crippen LogP contribution in [0.15, 0.2) is 69.3 Å². The Kier molecular flexibility index (Phi) is 5.78. The largest absolute Gasteiger partial charge is 0.303 e. The summed E-state index contributed by atoms with van der Waals surface area (Å²) in [6.45, 7) is 0. The van der Waals surface area contributed by atoms with Crippen molar-refractivity contribution in [3.05, 3.63) is 70.2 Å². The van der Waals surface area contributed by atoms with Gasteiger partial charge in [-0.15, -0.1) is 5.10 Å². The molecule has 1 amide bonds. The van der Waals surface area contributed by atoms with Gasteiger partial charge in [-0.2, -0.15) is 5.10 Å². The second kappa shape index (κ2) is 8.22. The molecule has 1 aliphatic rings. The van der Waals surface area contributed by atoms with Gasteiger partial charge >= 0.3 is 0 Å². The number of Topliss-reactive ketones (excluding diaryl/α,β-unsaturated/α-hetero) is 1. The van der Waals surface area contributed by atoms with Crippen molar-refractivity contribution in [2.45, 2.75) is 11.7 Å². The summed E-state index contributed by atoms with van der Waals surface area (Å²) < 4.78 is 0.905. The van der Waals surface area contributed by atoms with Gasteiger partial charge in [0, 0.05) is 16.5 Å². The van der Waals surface area contributed by atoms with Crippen LogP contribution >= 0.6 is 27.7 Å². The Hall–Kier alpha value is -2.25. The van der Waals surface area contributed by atoms with Crippen LogP contribution in [0.2, 0.25) is 0 Å². The SMILES string of the molecule is O=C(CC1S/C(=N/N=C/c2ccccc2)NC1=O)c1ccc(Br)cc1. The van der Waals surface area contributed by atoms with Gasteiger partial charge in [-0.1, -0.05) is 70.2 Å². The van der Waals surface area contributed by atoms with Crippen molar-refractivity contribution in [2.75, 3.05) is 0 Å². The maximum atomic E-state index is 12.3. The van der Waals surface area contributed by atoms with E-state index in [0.29, 0.717) is 10.7 Å². The zero-order chi connectivity index (χ0) is 17.6. The molecule has 1 heterocycles. The third kappa shape index (κ3) is 4.87. The van der Waals surface area contributed by atoms with E-state index in [0.717, 1.165) is 10.0 Å². The summed E-state index contributed by atoms with van der Waals surface area (Å²) in [7, 11) is 0. The monoisotopic (exact) mass is 415 g/mol. The summed E-state index contributed by atoms with van der Waals surface area (Å²) in [5.41, 5.74) is 1.51. The van der Waals surface area contributed by atoms with Crippen LogP contribution in [-0.4, -0.2) is 28.3 Å². The summed E-state index contributed by atoms with van der Waals surface area (Å²) in [6, 6.07) is 16.6. The number of hydrogen-bond acceptors (Lipinski definition) is 5. The van der Waals surface area contributed by atoms with E-state index in [4.69, 9.17) is 0 Å². The first kappa shape index (κ1) is 17.6. The smallest absolute Gasteiger partial charge is 0.240 e. The van der Waals surface area contributed by atoms with Crippen LogP contribution < -0.4 is 5.32 Å². The number of benzene rings is 2. The molecule has 0 aliphatic carbocycles. The summed E-state index contributed by atoms with van der Waals surface area (Å²) in [6.07, 6.45) is 1.74. The number of thioether (sulfide) groups is 1. The molecule has 0 radical (unpaired) electrons. The van der Waals surface area contributed by atoms with E-state index in [9.17, 15) is 9.59 Å². The molecule has 0 aromatic heterocycles. The van der Waals surface area contributed by atoms with Gasteiger partial charge in [0.2, 0.25) is 5.91 Å².